The Morgan fingerprint density at radius 3 is 2.25 bits per heavy atom. The van der Waals surface area contributed by atoms with Gasteiger partial charge in [0, 0.05) is 0 Å². The molecule has 60 valence electrons. The number of methoxy groups -OCH3 is 1. The van der Waals surface area contributed by atoms with Gasteiger partial charge in [-0.05, 0) is 6.08 Å². The number of nitrogens with zero attached hydrogens (tertiary/aromatic N) is 2. The van der Waals surface area contributed by atoms with E-state index in [4.69, 9.17) is 15.3 Å². The largest absolute Gasteiger partial charge is 0.497 e. The van der Waals surface area contributed by atoms with Crippen LogP contribution in [-0.2, 0) is 4.74 Å². The van der Waals surface area contributed by atoms with Crippen LogP contribution in [0.4, 0.5) is 0 Å². The second kappa shape index (κ2) is 4.76. The van der Waals surface area contributed by atoms with Gasteiger partial charge in [0.15, 0.2) is 0 Å². The molecule has 0 aromatic carbocycles. The van der Waals surface area contributed by atoms with Crippen LogP contribution in [0.5, 0.6) is 0 Å². The third-order valence-electron chi connectivity index (χ3n) is 1.15. The first-order valence-corrected chi connectivity index (χ1v) is 3.09. The lowest BCUT2D eigenvalue weighted by Crippen LogP contribution is -1.85. The predicted molar refractivity (Wildman–Crippen MR) is 44.6 cm³/mol. The van der Waals surface area contributed by atoms with E-state index >= 15 is 0 Å². The zero-order valence-corrected chi connectivity index (χ0v) is 6.79. The fraction of sp³-hybridized carbons (Fsp3) is 0.111. The number of nitriles is 2. The van der Waals surface area contributed by atoms with Gasteiger partial charge in [0.25, 0.3) is 0 Å². The molecule has 0 spiro atoms. The monoisotopic (exact) mass is 160 g/mol. The van der Waals surface area contributed by atoms with Crippen molar-refractivity contribution in [2.75, 3.05) is 7.11 Å². The van der Waals surface area contributed by atoms with E-state index in [1.807, 2.05) is 6.07 Å². The van der Waals surface area contributed by atoms with E-state index in [1.165, 1.54) is 13.2 Å². The topological polar surface area (TPSA) is 56.8 Å². The maximum atomic E-state index is 8.55. The molecule has 0 saturated heterocycles. The molecule has 0 aromatic rings. The first kappa shape index (κ1) is 10.0. The Hall–Kier alpha value is -2.00. The molecule has 0 saturated carbocycles. The summed E-state index contributed by atoms with van der Waals surface area (Å²) in [5.74, 6) is 0.322. The number of hydrogen-bond donors (Lipinski definition) is 0. The van der Waals surface area contributed by atoms with Crippen molar-refractivity contribution in [3.05, 3.63) is 36.1 Å². The molecule has 3 nitrogen and oxygen atoms in total. The highest BCUT2D eigenvalue weighted by Gasteiger charge is 2.00. The van der Waals surface area contributed by atoms with Gasteiger partial charge in [-0.25, -0.2) is 0 Å². The first-order chi connectivity index (χ1) is 5.65. The molecule has 0 aliphatic rings. The zero-order valence-electron chi connectivity index (χ0n) is 6.79. The fourth-order valence-electron chi connectivity index (χ4n) is 0.467. The number of ether oxygens (including phenoxy) is 1. The van der Waals surface area contributed by atoms with Crippen LogP contribution in [0.15, 0.2) is 36.1 Å². The van der Waals surface area contributed by atoms with Crippen molar-refractivity contribution in [2.45, 2.75) is 0 Å². The van der Waals surface area contributed by atoms with Gasteiger partial charge in [-0.15, -0.1) is 0 Å². The smallest absolute Gasteiger partial charge is 0.113 e. The highest BCUT2D eigenvalue weighted by Crippen LogP contribution is 2.08. The molecule has 0 atom stereocenters. The average Bonchev–Trinajstić information content (AvgIpc) is 2.12. The minimum absolute atomic E-state index is 0.107. The number of allylic oxidation sites excluding steroid dienone is 3. The van der Waals surface area contributed by atoms with E-state index < -0.39 is 0 Å². The normalized spacial score (nSPS) is 9.42. The molecule has 0 rings (SSSR count). The van der Waals surface area contributed by atoms with E-state index in [2.05, 4.69) is 13.2 Å². The predicted octanol–water partition coefficient (Wildman–Crippen LogP) is 1.68. The van der Waals surface area contributed by atoms with Gasteiger partial charge in [0.2, 0.25) is 0 Å². The van der Waals surface area contributed by atoms with Crippen LogP contribution < -0.4 is 0 Å². The molecule has 0 aromatic heterocycles. The average molecular weight is 160 g/mol. The summed E-state index contributed by atoms with van der Waals surface area (Å²) >= 11 is 0. The van der Waals surface area contributed by atoms with Crippen LogP contribution in [0.2, 0.25) is 0 Å². The summed E-state index contributed by atoms with van der Waals surface area (Å²) in [5.41, 5.74) is 0.278. The third kappa shape index (κ3) is 2.72. The molecule has 0 bridgehead atoms. The summed E-state index contributed by atoms with van der Waals surface area (Å²) in [6.45, 7) is 6.86. The molecule has 0 N–H and O–H groups in total. The van der Waals surface area contributed by atoms with Crippen molar-refractivity contribution < 1.29 is 4.74 Å². The standard InChI is InChI=1S/C9H8N2O/c1-7(5-10)9(6-11)4-8(2)12-3/h4H,1-2H2,3H3/b9-4-. The molecule has 0 radical (unpaired) electrons. The van der Waals surface area contributed by atoms with Gasteiger partial charge in [0.1, 0.15) is 11.8 Å². The Labute approximate surface area is 71.5 Å². The van der Waals surface area contributed by atoms with Crippen molar-refractivity contribution in [1.29, 1.82) is 10.5 Å². The van der Waals surface area contributed by atoms with Crippen LogP contribution >= 0.6 is 0 Å². The first-order valence-electron chi connectivity index (χ1n) is 3.09. The quantitative estimate of drug-likeness (QED) is 0.358. The summed E-state index contributed by atoms with van der Waals surface area (Å²) < 4.78 is 4.70. The molecule has 3 heteroatoms. The number of rotatable bonds is 3. The summed E-state index contributed by atoms with van der Waals surface area (Å²) in [5, 5.41) is 17.0. The highest BCUT2D eigenvalue weighted by atomic mass is 16.5. The summed E-state index contributed by atoms with van der Waals surface area (Å²) in [7, 11) is 1.43. The molecule has 0 fully saturated rings. The van der Waals surface area contributed by atoms with E-state index in [-0.39, 0.29) is 11.1 Å². The lowest BCUT2D eigenvalue weighted by atomic mass is 10.1. The van der Waals surface area contributed by atoms with Crippen molar-refractivity contribution in [3.63, 3.8) is 0 Å². The van der Waals surface area contributed by atoms with Crippen molar-refractivity contribution in [1.82, 2.24) is 0 Å². The number of hydrogen-bond acceptors (Lipinski definition) is 3. The van der Waals surface area contributed by atoms with Crippen LogP contribution in [0, 0.1) is 22.7 Å². The van der Waals surface area contributed by atoms with Crippen LogP contribution in [0.3, 0.4) is 0 Å². The zero-order chi connectivity index (χ0) is 9.56. The maximum absolute atomic E-state index is 8.55. The molecule has 0 aliphatic carbocycles. The molecule has 0 aliphatic heterocycles. The van der Waals surface area contributed by atoms with Crippen LogP contribution in [-0.4, -0.2) is 7.11 Å². The second-order valence-corrected chi connectivity index (χ2v) is 1.93. The summed E-state index contributed by atoms with van der Waals surface area (Å²) in [6.07, 6.45) is 1.37. The van der Waals surface area contributed by atoms with Gasteiger partial charge in [0.05, 0.1) is 24.3 Å². The molecule has 0 unspecified atom stereocenters. The van der Waals surface area contributed by atoms with Gasteiger partial charge in [-0.1, -0.05) is 13.2 Å². The highest BCUT2D eigenvalue weighted by molar-refractivity contribution is 5.50. The minimum Gasteiger partial charge on any atom is -0.497 e. The van der Waals surface area contributed by atoms with E-state index in [9.17, 15) is 0 Å². The Balaban J connectivity index is 4.73. The van der Waals surface area contributed by atoms with E-state index in [0.29, 0.717) is 5.76 Å². The molecular formula is C9H8N2O. The van der Waals surface area contributed by atoms with Crippen molar-refractivity contribution >= 4 is 0 Å². The Morgan fingerprint density at radius 2 is 1.92 bits per heavy atom. The van der Waals surface area contributed by atoms with Gasteiger partial charge < -0.3 is 4.74 Å². The van der Waals surface area contributed by atoms with Gasteiger partial charge in [-0.2, -0.15) is 10.5 Å². The SMILES string of the molecule is C=C(/C=C(/C#N)C(=C)C#N)OC. The lowest BCUT2D eigenvalue weighted by Gasteiger charge is -1.97. The van der Waals surface area contributed by atoms with E-state index in [1.54, 1.807) is 6.07 Å². The second-order valence-electron chi connectivity index (χ2n) is 1.93. The Kier molecular flexibility index (Phi) is 3.97. The Morgan fingerprint density at radius 1 is 1.33 bits per heavy atom. The molecular weight excluding hydrogens is 152 g/mol. The van der Waals surface area contributed by atoms with Crippen LogP contribution in [0.1, 0.15) is 0 Å². The Bertz CT molecular complexity index is 312. The van der Waals surface area contributed by atoms with E-state index in [0.717, 1.165) is 0 Å². The van der Waals surface area contributed by atoms with Crippen LogP contribution in [0.25, 0.3) is 0 Å². The van der Waals surface area contributed by atoms with Gasteiger partial charge >= 0.3 is 0 Å². The summed E-state index contributed by atoms with van der Waals surface area (Å²) in [4.78, 5) is 0. The third-order valence-corrected chi connectivity index (χ3v) is 1.15. The molecule has 12 heavy (non-hydrogen) atoms. The molecule has 0 heterocycles. The van der Waals surface area contributed by atoms with Gasteiger partial charge in [-0.3, -0.25) is 0 Å². The maximum Gasteiger partial charge on any atom is 0.113 e. The molecule has 0 amide bonds. The minimum atomic E-state index is 0.107. The summed E-state index contributed by atoms with van der Waals surface area (Å²) in [6, 6.07) is 3.58. The fourth-order valence-corrected chi connectivity index (χ4v) is 0.467. The van der Waals surface area contributed by atoms with Crippen molar-refractivity contribution in [2.24, 2.45) is 0 Å². The lowest BCUT2D eigenvalue weighted by molar-refractivity contribution is 0.308. The van der Waals surface area contributed by atoms with Crippen molar-refractivity contribution in [3.8, 4) is 12.1 Å².